The number of para-hydroxylation sites is 2. The fourth-order valence-electron chi connectivity index (χ4n) is 7.77. The van der Waals surface area contributed by atoms with Crippen molar-refractivity contribution in [1.82, 2.24) is 14.5 Å². The van der Waals surface area contributed by atoms with Gasteiger partial charge in [0.1, 0.15) is 11.6 Å². The minimum atomic E-state index is 0. The van der Waals surface area contributed by atoms with Crippen LogP contribution in [0.4, 0.5) is 17.2 Å². The predicted molar refractivity (Wildman–Crippen MR) is 191 cm³/mol. The summed E-state index contributed by atoms with van der Waals surface area (Å²) in [6.07, 6.45) is 15.1. The summed E-state index contributed by atoms with van der Waals surface area (Å²) in [7, 11) is 0. The topological polar surface area (TPSA) is 34.0 Å². The van der Waals surface area contributed by atoms with Gasteiger partial charge in [0.25, 0.3) is 0 Å². The molecule has 0 N–H and O–H groups in total. The van der Waals surface area contributed by atoms with E-state index in [-0.39, 0.29) is 21.1 Å². The third-order valence-corrected chi connectivity index (χ3v) is 10.0. The second kappa shape index (κ2) is 14.9. The Morgan fingerprint density at radius 3 is 2.06 bits per heavy atom. The summed E-state index contributed by atoms with van der Waals surface area (Å²) in [6.45, 7) is 0. The number of anilines is 3. The van der Waals surface area contributed by atoms with Gasteiger partial charge in [-0.3, -0.25) is 4.98 Å². The van der Waals surface area contributed by atoms with Crippen LogP contribution in [-0.2, 0) is 27.5 Å². The van der Waals surface area contributed by atoms with Gasteiger partial charge in [0.2, 0.25) is 0 Å². The Morgan fingerprint density at radius 2 is 1.40 bits per heavy atom. The maximum Gasteiger partial charge on any atom is 2.00 e. The molecule has 6 aromatic rings. The molecule has 0 atom stereocenters. The monoisotopic (exact) mass is 807 g/mol. The number of aromatic nitrogens is 3. The van der Waals surface area contributed by atoms with E-state index in [0.717, 1.165) is 39.8 Å². The molecule has 8 rings (SSSR count). The molecule has 242 valence electrons. The van der Waals surface area contributed by atoms with E-state index in [1.54, 1.807) is 0 Å². The molecule has 0 saturated heterocycles. The Labute approximate surface area is 299 Å². The van der Waals surface area contributed by atoms with Crippen molar-refractivity contribution in [2.75, 3.05) is 4.90 Å². The van der Waals surface area contributed by atoms with Gasteiger partial charge in [0.15, 0.2) is 0 Å². The number of nitrogens with zero attached hydrogens (tertiary/aromatic N) is 4. The molecule has 0 radical (unpaired) electrons. The predicted octanol–water partition coefficient (Wildman–Crippen LogP) is 10.9. The fraction of sp³-hybridized carbons (Fsp3) is 0.256. The van der Waals surface area contributed by atoms with E-state index in [0.29, 0.717) is 18.3 Å². The summed E-state index contributed by atoms with van der Waals surface area (Å²) in [5, 5.41) is 0. The number of hydrogen-bond donors (Lipinski definition) is 0. The molecule has 4 aromatic carbocycles. The maximum absolute atomic E-state index is 5.36. The maximum atomic E-state index is 5.36. The number of hydrogen-bond acceptors (Lipinski definition) is 3. The van der Waals surface area contributed by atoms with Crippen molar-refractivity contribution in [1.29, 1.82) is 0 Å². The summed E-state index contributed by atoms with van der Waals surface area (Å²) in [4.78, 5) is 12.3. The third-order valence-electron chi connectivity index (χ3n) is 10.0. The smallest absolute Gasteiger partial charge is 0.319 e. The van der Waals surface area contributed by atoms with E-state index < -0.39 is 0 Å². The third kappa shape index (κ3) is 6.69. The minimum Gasteiger partial charge on any atom is -0.319 e. The van der Waals surface area contributed by atoms with Crippen LogP contribution in [0, 0.1) is 12.1 Å². The Bertz CT molecular complexity index is 1850. The van der Waals surface area contributed by atoms with E-state index in [4.69, 9.17) is 9.97 Å². The number of imidazole rings is 1. The molecule has 0 spiro atoms. The zero-order valence-corrected chi connectivity index (χ0v) is 29.4. The first kappa shape index (κ1) is 32.3. The fourth-order valence-corrected chi connectivity index (χ4v) is 7.77. The number of benzene rings is 4. The van der Waals surface area contributed by atoms with Crippen LogP contribution in [0.3, 0.4) is 0 Å². The van der Waals surface area contributed by atoms with Crippen molar-refractivity contribution in [3.63, 3.8) is 0 Å². The molecule has 48 heavy (non-hydrogen) atoms. The molecule has 2 heterocycles. The molecule has 2 aliphatic rings. The van der Waals surface area contributed by atoms with Crippen LogP contribution in [0.1, 0.15) is 85.7 Å². The largest absolute Gasteiger partial charge is 2.00 e. The molecule has 0 amide bonds. The number of pyridine rings is 1. The van der Waals surface area contributed by atoms with Crippen molar-refractivity contribution in [2.24, 2.45) is 0 Å². The van der Waals surface area contributed by atoms with Crippen LogP contribution in [0.5, 0.6) is 0 Å². The molecular weight excluding hydrogens is 768 g/mol. The van der Waals surface area contributed by atoms with Crippen LogP contribution in [0.25, 0.3) is 16.9 Å². The van der Waals surface area contributed by atoms with E-state index in [9.17, 15) is 0 Å². The van der Waals surface area contributed by atoms with Crippen LogP contribution in [-0.4, -0.2) is 14.5 Å². The van der Waals surface area contributed by atoms with E-state index >= 15 is 0 Å². The van der Waals surface area contributed by atoms with Gasteiger partial charge in [-0.15, -0.1) is 42.0 Å². The van der Waals surface area contributed by atoms with Gasteiger partial charge < -0.3 is 9.47 Å². The molecule has 2 aliphatic carbocycles. The van der Waals surface area contributed by atoms with E-state index in [1.807, 2.05) is 42.6 Å². The van der Waals surface area contributed by atoms with Crippen molar-refractivity contribution < 1.29 is 21.1 Å². The van der Waals surface area contributed by atoms with Gasteiger partial charge in [-0.1, -0.05) is 73.8 Å². The minimum absolute atomic E-state index is 0. The van der Waals surface area contributed by atoms with Crippen molar-refractivity contribution in [3.8, 4) is 16.9 Å². The SMILES string of the molecule is [Pt+2].[c-]1ccccc1-c1cn(-c2c(C3CCCC3)cccc2C2CCCC2)c(Cc2[c-]c(N(c3ccccc3)c3ccccn3)ccc2)n1. The Balaban J connectivity index is 0.00000364. The van der Waals surface area contributed by atoms with Crippen molar-refractivity contribution >= 4 is 17.2 Å². The Kier molecular flexibility index (Phi) is 10.0. The standard InChI is InChI=1S/C43H40N4.Pt/c1-3-20-35(21-4-1)40-31-46(43-38(33-16-7-8-17-33)25-14-26-39(43)34-18-9-10-19-34)42(45-40)30-32-15-13-24-37(29-32)47(36-22-5-2-6-23-36)41-27-11-12-28-44-41;/h1-6,11-15,20,22-28,31,33-34H,7-10,16-19,30H2;/q-2;+2. The summed E-state index contributed by atoms with van der Waals surface area (Å²) in [6, 6.07) is 45.4. The first-order valence-electron chi connectivity index (χ1n) is 17.3. The zero-order chi connectivity index (χ0) is 31.4. The Hall–Kier alpha value is -4.27. The second-order valence-electron chi connectivity index (χ2n) is 13.0. The molecule has 4 nitrogen and oxygen atoms in total. The van der Waals surface area contributed by atoms with Crippen LogP contribution in [0.2, 0.25) is 0 Å². The molecule has 0 unspecified atom stereocenters. The zero-order valence-electron chi connectivity index (χ0n) is 27.2. The molecule has 2 fully saturated rings. The van der Waals surface area contributed by atoms with Gasteiger partial charge in [0.05, 0.1) is 5.69 Å². The van der Waals surface area contributed by atoms with Gasteiger partial charge in [-0.05, 0) is 79.1 Å². The van der Waals surface area contributed by atoms with Gasteiger partial charge >= 0.3 is 21.1 Å². The molecule has 2 saturated carbocycles. The molecular formula is C43H40N4Pt. The second-order valence-corrected chi connectivity index (χ2v) is 13.0. The van der Waals surface area contributed by atoms with Crippen LogP contribution in [0.15, 0.2) is 122 Å². The average Bonchev–Trinajstić information content (AvgIpc) is 3.93. The molecule has 2 aromatic heterocycles. The first-order chi connectivity index (χ1) is 23.3. The number of rotatable bonds is 9. The Morgan fingerprint density at radius 1 is 0.708 bits per heavy atom. The van der Waals surface area contributed by atoms with Crippen molar-refractivity contribution in [2.45, 2.75) is 69.6 Å². The van der Waals surface area contributed by atoms with Gasteiger partial charge in [-0.25, -0.2) is 4.98 Å². The van der Waals surface area contributed by atoms with E-state index in [2.05, 4.69) is 101 Å². The normalized spacial score (nSPS) is 15.0. The average molecular weight is 808 g/mol. The van der Waals surface area contributed by atoms with E-state index in [1.165, 1.54) is 68.2 Å². The van der Waals surface area contributed by atoms with Gasteiger partial charge in [-0.2, -0.15) is 23.8 Å². The van der Waals surface area contributed by atoms with Gasteiger partial charge in [0, 0.05) is 24.0 Å². The molecule has 0 bridgehead atoms. The summed E-state index contributed by atoms with van der Waals surface area (Å²) < 4.78 is 2.45. The summed E-state index contributed by atoms with van der Waals surface area (Å²) in [5.74, 6) is 3.10. The quantitative estimate of drug-likeness (QED) is 0.137. The van der Waals surface area contributed by atoms with Crippen molar-refractivity contribution in [3.05, 3.63) is 156 Å². The molecule has 5 heteroatoms. The first-order valence-corrected chi connectivity index (χ1v) is 17.3. The molecule has 0 aliphatic heterocycles. The summed E-state index contributed by atoms with van der Waals surface area (Å²) in [5.41, 5.74) is 9.47. The van der Waals surface area contributed by atoms with Crippen LogP contribution < -0.4 is 4.90 Å². The van der Waals surface area contributed by atoms with Crippen LogP contribution >= 0.6 is 0 Å². The summed E-state index contributed by atoms with van der Waals surface area (Å²) >= 11 is 0.